The number of ether oxygens (including phenoxy) is 1. The lowest BCUT2D eigenvalue weighted by Gasteiger charge is -2.10. The second-order valence-corrected chi connectivity index (χ2v) is 3.26. The molecule has 2 heteroatoms. The molecule has 0 aliphatic carbocycles. The van der Waals surface area contributed by atoms with Crippen LogP contribution >= 0.6 is 0 Å². The lowest BCUT2D eigenvalue weighted by Crippen LogP contribution is -2.13. The number of carbonyl (C=O) groups is 1. The molecule has 1 aromatic rings. The van der Waals surface area contributed by atoms with Crippen LogP contribution < -0.4 is 0 Å². The summed E-state index contributed by atoms with van der Waals surface area (Å²) in [6, 6.07) is 9.89. The Hall–Kier alpha value is -1.15. The third-order valence-corrected chi connectivity index (χ3v) is 2.03. The summed E-state index contributed by atoms with van der Waals surface area (Å²) in [7, 11) is 0. The summed E-state index contributed by atoms with van der Waals surface area (Å²) in [5.41, 5.74) is 1.11. The van der Waals surface area contributed by atoms with Gasteiger partial charge in [0.2, 0.25) is 0 Å². The fourth-order valence-electron chi connectivity index (χ4n) is 1.25. The molecular formula is C12H16O2. The maximum Gasteiger partial charge on any atom is 0.148 e. The van der Waals surface area contributed by atoms with E-state index in [0.717, 1.165) is 24.7 Å². The Bertz CT molecular complexity index is 256. The third-order valence-electron chi connectivity index (χ3n) is 2.03. The van der Waals surface area contributed by atoms with Gasteiger partial charge in [0.15, 0.2) is 0 Å². The zero-order valence-electron chi connectivity index (χ0n) is 8.48. The summed E-state index contributed by atoms with van der Waals surface area (Å²) in [5.74, 6) is 0. The minimum Gasteiger partial charge on any atom is -0.366 e. The van der Waals surface area contributed by atoms with Crippen molar-refractivity contribution in [2.75, 3.05) is 0 Å². The molecule has 0 aromatic heterocycles. The van der Waals surface area contributed by atoms with Crippen LogP contribution in [0.4, 0.5) is 0 Å². The highest BCUT2D eigenvalue weighted by Gasteiger charge is 2.05. The Morgan fingerprint density at radius 1 is 1.36 bits per heavy atom. The molecule has 1 aromatic carbocycles. The van der Waals surface area contributed by atoms with Gasteiger partial charge in [0.05, 0.1) is 6.61 Å². The summed E-state index contributed by atoms with van der Waals surface area (Å²) in [6.07, 6.45) is 2.40. The van der Waals surface area contributed by atoms with Gasteiger partial charge in [-0.1, -0.05) is 43.7 Å². The summed E-state index contributed by atoms with van der Waals surface area (Å²) < 4.78 is 5.45. The van der Waals surface area contributed by atoms with Crippen molar-refractivity contribution in [2.24, 2.45) is 0 Å². The highest BCUT2D eigenvalue weighted by molar-refractivity contribution is 5.55. The van der Waals surface area contributed by atoms with E-state index < -0.39 is 0 Å². The molecule has 0 amide bonds. The zero-order chi connectivity index (χ0) is 10.2. The molecule has 0 saturated carbocycles. The largest absolute Gasteiger partial charge is 0.366 e. The normalized spacial score (nSPS) is 12.4. The maximum atomic E-state index is 10.6. The van der Waals surface area contributed by atoms with Gasteiger partial charge in [-0.3, -0.25) is 0 Å². The maximum absolute atomic E-state index is 10.6. The Morgan fingerprint density at radius 3 is 2.64 bits per heavy atom. The number of hydrogen-bond acceptors (Lipinski definition) is 2. The van der Waals surface area contributed by atoms with Crippen LogP contribution in [0.3, 0.4) is 0 Å². The van der Waals surface area contributed by atoms with Crippen LogP contribution in [0, 0.1) is 0 Å². The quantitative estimate of drug-likeness (QED) is 0.647. The van der Waals surface area contributed by atoms with Gasteiger partial charge in [0.1, 0.15) is 12.4 Å². The topological polar surface area (TPSA) is 26.3 Å². The predicted molar refractivity (Wildman–Crippen MR) is 56.0 cm³/mol. The van der Waals surface area contributed by atoms with Crippen molar-refractivity contribution in [1.82, 2.24) is 0 Å². The standard InChI is InChI=1S/C12H16O2/c1-2-6-12(9-13)14-10-11-7-4-3-5-8-11/h3-5,7-9,12H,2,6,10H2,1H3/t12-/m1/s1. The number of aldehydes is 1. The van der Waals surface area contributed by atoms with Gasteiger partial charge in [0, 0.05) is 0 Å². The third kappa shape index (κ3) is 3.71. The minimum absolute atomic E-state index is 0.250. The van der Waals surface area contributed by atoms with Crippen LogP contribution in [0.1, 0.15) is 25.3 Å². The van der Waals surface area contributed by atoms with Crippen LogP contribution in [0.25, 0.3) is 0 Å². The van der Waals surface area contributed by atoms with E-state index in [4.69, 9.17) is 4.74 Å². The first-order valence-corrected chi connectivity index (χ1v) is 4.97. The second kappa shape index (κ2) is 6.33. The van der Waals surface area contributed by atoms with Crippen LogP contribution in [0.5, 0.6) is 0 Å². The summed E-state index contributed by atoms with van der Waals surface area (Å²) >= 11 is 0. The molecule has 76 valence electrons. The fraction of sp³-hybridized carbons (Fsp3) is 0.417. The first-order valence-electron chi connectivity index (χ1n) is 4.97. The molecule has 14 heavy (non-hydrogen) atoms. The molecule has 0 unspecified atom stereocenters. The Morgan fingerprint density at radius 2 is 2.07 bits per heavy atom. The van der Waals surface area contributed by atoms with Crippen LogP contribution in [0.15, 0.2) is 30.3 Å². The van der Waals surface area contributed by atoms with Crippen molar-refractivity contribution in [1.29, 1.82) is 0 Å². The van der Waals surface area contributed by atoms with Crippen molar-refractivity contribution >= 4 is 6.29 Å². The molecule has 0 fully saturated rings. The van der Waals surface area contributed by atoms with E-state index >= 15 is 0 Å². The van der Waals surface area contributed by atoms with Gasteiger partial charge in [-0.25, -0.2) is 0 Å². The SMILES string of the molecule is CCC[C@H](C=O)OCc1ccccc1. The lowest BCUT2D eigenvalue weighted by molar-refractivity contribution is -0.119. The van der Waals surface area contributed by atoms with Gasteiger partial charge < -0.3 is 9.53 Å². The highest BCUT2D eigenvalue weighted by Crippen LogP contribution is 2.05. The Kier molecular flexibility index (Phi) is 4.94. The van der Waals surface area contributed by atoms with Gasteiger partial charge >= 0.3 is 0 Å². The molecule has 0 bridgehead atoms. The van der Waals surface area contributed by atoms with E-state index in [-0.39, 0.29) is 6.10 Å². The van der Waals surface area contributed by atoms with E-state index in [9.17, 15) is 4.79 Å². The average Bonchev–Trinajstić information content (AvgIpc) is 2.25. The van der Waals surface area contributed by atoms with Crippen molar-refractivity contribution in [3.05, 3.63) is 35.9 Å². The average molecular weight is 192 g/mol. The van der Waals surface area contributed by atoms with E-state index in [0.29, 0.717) is 6.61 Å². The number of rotatable bonds is 6. The molecule has 0 aliphatic heterocycles. The number of benzene rings is 1. The first-order chi connectivity index (χ1) is 6.86. The molecule has 0 heterocycles. The van der Waals surface area contributed by atoms with Crippen LogP contribution in [-0.2, 0) is 16.1 Å². The molecular weight excluding hydrogens is 176 g/mol. The van der Waals surface area contributed by atoms with E-state index in [2.05, 4.69) is 0 Å². The van der Waals surface area contributed by atoms with E-state index in [1.165, 1.54) is 0 Å². The zero-order valence-corrected chi connectivity index (χ0v) is 8.48. The predicted octanol–water partition coefficient (Wildman–Crippen LogP) is 2.57. The van der Waals surface area contributed by atoms with Gasteiger partial charge in [-0.2, -0.15) is 0 Å². The molecule has 0 spiro atoms. The molecule has 1 rings (SSSR count). The van der Waals surface area contributed by atoms with Gasteiger partial charge in [-0.15, -0.1) is 0 Å². The van der Waals surface area contributed by atoms with Crippen LogP contribution in [0.2, 0.25) is 0 Å². The number of hydrogen-bond donors (Lipinski definition) is 0. The highest BCUT2D eigenvalue weighted by atomic mass is 16.5. The molecule has 0 N–H and O–H groups in total. The second-order valence-electron chi connectivity index (χ2n) is 3.26. The smallest absolute Gasteiger partial charge is 0.148 e. The first kappa shape index (κ1) is 10.9. The van der Waals surface area contributed by atoms with Crippen molar-refractivity contribution < 1.29 is 9.53 Å². The molecule has 0 aliphatic rings. The Balaban J connectivity index is 2.35. The van der Waals surface area contributed by atoms with Gasteiger partial charge in [-0.05, 0) is 12.0 Å². The minimum atomic E-state index is -0.250. The van der Waals surface area contributed by atoms with E-state index in [1.54, 1.807) is 0 Å². The summed E-state index contributed by atoms with van der Waals surface area (Å²) in [4.78, 5) is 10.6. The monoisotopic (exact) mass is 192 g/mol. The van der Waals surface area contributed by atoms with Crippen molar-refractivity contribution in [2.45, 2.75) is 32.5 Å². The molecule has 1 atom stereocenters. The lowest BCUT2D eigenvalue weighted by atomic mass is 10.2. The molecule has 2 nitrogen and oxygen atoms in total. The number of carbonyl (C=O) groups excluding carboxylic acids is 1. The van der Waals surface area contributed by atoms with Crippen LogP contribution in [-0.4, -0.2) is 12.4 Å². The molecule has 0 radical (unpaired) electrons. The Labute approximate surface area is 84.9 Å². The molecule has 0 saturated heterocycles. The van der Waals surface area contributed by atoms with Crippen molar-refractivity contribution in [3.63, 3.8) is 0 Å². The summed E-state index contributed by atoms with van der Waals surface area (Å²) in [6.45, 7) is 2.56. The van der Waals surface area contributed by atoms with Crippen molar-refractivity contribution in [3.8, 4) is 0 Å². The van der Waals surface area contributed by atoms with E-state index in [1.807, 2.05) is 37.3 Å². The summed E-state index contributed by atoms with van der Waals surface area (Å²) in [5, 5.41) is 0. The fourth-order valence-corrected chi connectivity index (χ4v) is 1.25. The van der Waals surface area contributed by atoms with Gasteiger partial charge in [0.25, 0.3) is 0 Å².